The number of rotatable bonds is 11. The van der Waals surface area contributed by atoms with Crippen molar-refractivity contribution in [3.8, 4) is 0 Å². The Bertz CT molecular complexity index is 777. The molecule has 10 nitrogen and oxygen atoms in total. The van der Waals surface area contributed by atoms with Crippen molar-refractivity contribution in [3.05, 3.63) is 39.9 Å². The van der Waals surface area contributed by atoms with Crippen molar-refractivity contribution in [2.75, 3.05) is 6.54 Å². The van der Waals surface area contributed by atoms with Crippen LogP contribution in [0, 0.1) is 16.0 Å². The highest BCUT2D eigenvalue weighted by Gasteiger charge is 2.23. The number of thiol groups is 1. The van der Waals surface area contributed by atoms with E-state index in [1.165, 1.54) is 0 Å². The molecule has 2 amide bonds. The zero-order valence-corrected chi connectivity index (χ0v) is 17.9. The largest absolute Gasteiger partial charge is 0.365 e. The molecule has 0 bridgehead atoms. The fraction of sp³-hybridized carbons (Fsp3) is 0.500. The van der Waals surface area contributed by atoms with Gasteiger partial charge >= 0.3 is 0 Å². The van der Waals surface area contributed by atoms with Crippen molar-refractivity contribution in [3.63, 3.8) is 0 Å². The molecule has 2 radical (unpaired) electrons. The van der Waals surface area contributed by atoms with E-state index < -0.39 is 28.8 Å². The van der Waals surface area contributed by atoms with Crippen molar-refractivity contribution in [2.24, 2.45) is 16.6 Å². The minimum atomic E-state index is -0.872. The van der Waals surface area contributed by atoms with Gasteiger partial charge in [-0.05, 0) is 43.3 Å². The van der Waals surface area contributed by atoms with Crippen LogP contribution in [0.3, 0.4) is 0 Å². The summed E-state index contributed by atoms with van der Waals surface area (Å²) >= 11 is 4.26. The average Bonchev–Trinajstić information content (AvgIpc) is 2.62. The van der Waals surface area contributed by atoms with Crippen molar-refractivity contribution in [2.45, 2.75) is 50.0 Å². The third-order valence-corrected chi connectivity index (χ3v) is 4.35. The predicted octanol–water partition coefficient (Wildman–Crippen LogP) is 0.607. The number of benzene rings is 1. The van der Waals surface area contributed by atoms with Gasteiger partial charge in [-0.15, -0.1) is 12.6 Å². The summed E-state index contributed by atoms with van der Waals surface area (Å²) in [5.74, 6) is -1.47. The van der Waals surface area contributed by atoms with E-state index in [1.54, 1.807) is 29.7 Å². The number of carbonyl (C=O) groups excluding carboxylic acids is 2. The minimum Gasteiger partial charge on any atom is -0.365 e. The Balaban J connectivity index is 2.80. The number of guanidine groups is 1. The third-order valence-electron chi connectivity index (χ3n) is 3.96. The number of nitrogens with one attached hydrogen (secondary N) is 3. The van der Waals surface area contributed by atoms with Crippen LogP contribution in [0.4, 0.5) is 0 Å². The molecule has 1 rings (SSSR count). The SMILES string of the molecule is [B][C@H](CC(C)C)NC(=O)[C@H](CCCN=C(N)N[N+](=O)[O-])NC(=O)c1ccccc1S. The first kappa shape index (κ1) is 25.3. The first-order chi connectivity index (χ1) is 14.1. The Morgan fingerprint density at radius 3 is 2.57 bits per heavy atom. The predicted molar refractivity (Wildman–Crippen MR) is 118 cm³/mol. The van der Waals surface area contributed by atoms with E-state index in [2.05, 4.69) is 28.3 Å². The number of nitro groups is 1. The lowest BCUT2D eigenvalue weighted by atomic mass is 9.88. The van der Waals surface area contributed by atoms with Crippen LogP contribution < -0.4 is 21.8 Å². The molecule has 1 aromatic rings. The molecule has 0 unspecified atom stereocenters. The first-order valence-corrected chi connectivity index (χ1v) is 9.90. The van der Waals surface area contributed by atoms with Gasteiger partial charge in [-0.2, -0.15) is 0 Å². The van der Waals surface area contributed by atoms with Crippen molar-refractivity contribution >= 4 is 38.2 Å². The highest BCUT2D eigenvalue weighted by atomic mass is 32.1. The molecule has 30 heavy (non-hydrogen) atoms. The first-order valence-electron chi connectivity index (χ1n) is 9.46. The standard InChI is InChI=1S/C18H27BN6O4S/c1-11(2)10-15(19)23-17(27)13(7-5-9-21-18(20)24-25(28)29)22-16(26)12-6-3-4-8-14(12)30/h3-4,6,8,11,13,15,30H,5,7,9-10H2,1-2H3,(H,22,26)(H,23,27)(H3,20,21,24)/t13-,15-/m0/s1. The van der Waals surface area contributed by atoms with E-state index in [1.807, 2.05) is 13.8 Å². The minimum absolute atomic E-state index is 0.132. The maximum Gasteiger partial charge on any atom is 0.253 e. The van der Waals surface area contributed by atoms with Gasteiger partial charge in [0, 0.05) is 11.4 Å². The van der Waals surface area contributed by atoms with Gasteiger partial charge < -0.3 is 16.4 Å². The van der Waals surface area contributed by atoms with Crippen LogP contribution in [0.2, 0.25) is 0 Å². The van der Waals surface area contributed by atoms with Crippen molar-refractivity contribution < 1.29 is 14.6 Å². The second-order valence-electron chi connectivity index (χ2n) is 7.07. The van der Waals surface area contributed by atoms with Gasteiger partial charge in [0.1, 0.15) is 6.04 Å². The lowest BCUT2D eigenvalue weighted by Crippen LogP contribution is -2.50. The van der Waals surface area contributed by atoms with Gasteiger partial charge in [0.25, 0.3) is 11.9 Å². The average molecular weight is 434 g/mol. The summed E-state index contributed by atoms with van der Waals surface area (Å²) in [7, 11) is 5.95. The number of aliphatic imine (C=N–C) groups is 1. The number of hydrogen-bond donors (Lipinski definition) is 5. The maximum absolute atomic E-state index is 12.7. The fourth-order valence-corrected chi connectivity index (χ4v) is 2.91. The number of carbonyl (C=O) groups is 2. The summed E-state index contributed by atoms with van der Waals surface area (Å²) in [6.45, 7) is 4.10. The molecule has 0 spiro atoms. The van der Waals surface area contributed by atoms with E-state index in [0.29, 0.717) is 23.3 Å². The molecular weight excluding hydrogens is 407 g/mol. The summed E-state index contributed by atoms with van der Waals surface area (Å²) in [5, 5.41) is 14.9. The van der Waals surface area contributed by atoms with Gasteiger partial charge in [0.2, 0.25) is 5.91 Å². The van der Waals surface area contributed by atoms with Gasteiger partial charge in [-0.25, -0.2) is 15.1 Å². The lowest BCUT2D eigenvalue weighted by Gasteiger charge is -2.22. The molecule has 0 aliphatic carbocycles. The van der Waals surface area contributed by atoms with E-state index >= 15 is 0 Å². The topological polar surface area (TPSA) is 152 Å². The lowest BCUT2D eigenvalue weighted by molar-refractivity contribution is -0.525. The number of nitrogens with two attached hydrogens (primary N) is 1. The van der Waals surface area contributed by atoms with Crippen LogP contribution in [0.25, 0.3) is 0 Å². The second kappa shape index (κ2) is 12.7. The van der Waals surface area contributed by atoms with Crippen LogP contribution in [-0.2, 0) is 4.79 Å². The molecule has 12 heteroatoms. The van der Waals surface area contributed by atoms with Crippen LogP contribution in [0.1, 0.15) is 43.5 Å². The normalized spacial score (nSPS) is 13.4. The smallest absolute Gasteiger partial charge is 0.253 e. The molecule has 5 N–H and O–H groups in total. The molecule has 0 aliphatic heterocycles. The van der Waals surface area contributed by atoms with E-state index in [9.17, 15) is 19.7 Å². The van der Waals surface area contributed by atoms with Crippen LogP contribution in [-0.4, -0.2) is 49.2 Å². The third kappa shape index (κ3) is 9.63. The molecule has 0 fully saturated rings. The Morgan fingerprint density at radius 2 is 1.97 bits per heavy atom. The summed E-state index contributed by atoms with van der Waals surface area (Å²) in [5.41, 5.74) is 7.43. The zero-order valence-electron chi connectivity index (χ0n) is 17.0. The van der Waals surface area contributed by atoms with E-state index in [4.69, 9.17) is 13.6 Å². The van der Waals surface area contributed by atoms with Crippen molar-refractivity contribution in [1.29, 1.82) is 0 Å². The Kier molecular flexibility index (Phi) is 10.7. The molecule has 0 heterocycles. The quantitative estimate of drug-likeness (QED) is 0.0655. The van der Waals surface area contributed by atoms with Crippen LogP contribution in [0.15, 0.2) is 34.2 Å². The number of hydrazine groups is 1. The summed E-state index contributed by atoms with van der Waals surface area (Å²) in [6.07, 6.45) is 1.16. The summed E-state index contributed by atoms with van der Waals surface area (Å²) in [6, 6.07) is 5.85. The Labute approximate surface area is 182 Å². The fourth-order valence-electron chi connectivity index (χ4n) is 2.64. The Hall–Kier alpha value is -2.76. The highest BCUT2D eigenvalue weighted by molar-refractivity contribution is 7.80. The molecule has 0 saturated carbocycles. The Morgan fingerprint density at radius 1 is 1.30 bits per heavy atom. The molecule has 1 aromatic carbocycles. The molecule has 2 atom stereocenters. The zero-order chi connectivity index (χ0) is 22.7. The van der Waals surface area contributed by atoms with Gasteiger partial charge in [0.05, 0.1) is 13.4 Å². The number of hydrogen-bond acceptors (Lipinski definition) is 6. The van der Waals surface area contributed by atoms with Crippen LogP contribution >= 0.6 is 12.6 Å². The highest BCUT2D eigenvalue weighted by Crippen LogP contribution is 2.13. The second-order valence-corrected chi connectivity index (χ2v) is 7.55. The molecule has 0 saturated heterocycles. The molecular formula is C18H27BN6O4S. The summed E-state index contributed by atoms with van der Waals surface area (Å²) in [4.78, 5) is 39.9. The molecule has 0 aliphatic rings. The van der Waals surface area contributed by atoms with E-state index in [-0.39, 0.29) is 24.8 Å². The summed E-state index contributed by atoms with van der Waals surface area (Å²) < 4.78 is 0. The number of amides is 2. The van der Waals surface area contributed by atoms with Gasteiger partial charge in [-0.3, -0.25) is 9.59 Å². The maximum atomic E-state index is 12.7. The van der Waals surface area contributed by atoms with E-state index in [0.717, 1.165) is 0 Å². The monoisotopic (exact) mass is 434 g/mol. The number of nitrogens with zero attached hydrogens (tertiary/aromatic N) is 2. The molecule has 0 aromatic heterocycles. The van der Waals surface area contributed by atoms with Gasteiger partial charge in [0.15, 0.2) is 5.03 Å². The van der Waals surface area contributed by atoms with Crippen molar-refractivity contribution in [1.82, 2.24) is 16.1 Å². The molecule has 162 valence electrons. The van der Waals surface area contributed by atoms with Crippen LogP contribution in [0.5, 0.6) is 0 Å². The van der Waals surface area contributed by atoms with Gasteiger partial charge in [-0.1, -0.05) is 31.4 Å².